The van der Waals surface area contributed by atoms with Gasteiger partial charge in [0.25, 0.3) is 0 Å². The van der Waals surface area contributed by atoms with Crippen molar-refractivity contribution in [2.24, 2.45) is 0 Å². The summed E-state index contributed by atoms with van der Waals surface area (Å²) in [5.74, 6) is 0.435. The molecule has 0 aliphatic heterocycles. The summed E-state index contributed by atoms with van der Waals surface area (Å²) in [4.78, 5) is 18.2. The van der Waals surface area contributed by atoms with Gasteiger partial charge in [-0.05, 0) is 37.6 Å². The van der Waals surface area contributed by atoms with E-state index in [1.807, 2.05) is 19.9 Å². The first-order valence-electron chi connectivity index (χ1n) is 5.24. The molecule has 0 N–H and O–H groups in total. The molecule has 0 unspecified atom stereocenters. The highest BCUT2D eigenvalue weighted by molar-refractivity contribution is 7.14. The Morgan fingerprint density at radius 2 is 2.18 bits per heavy atom. The van der Waals surface area contributed by atoms with E-state index in [1.165, 1.54) is 11.3 Å². The smallest absolute Gasteiger partial charge is 0.225 e. The van der Waals surface area contributed by atoms with E-state index in [0.29, 0.717) is 16.3 Å². The van der Waals surface area contributed by atoms with E-state index in [4.69, 9.17) is 4.74 Å². The third-order valence-corrected chi connectivity index (χ3v) is 3.75. The normalized spacial score (nSPS) is 10.3. The second-order valence-corrected chi connectivity index (χ2v) is 4.99. The molecule has 2 heterocycles. The molecular formula is C13H13NO2S. The van der Waals surface area contributed by atoms with Crippen molar-refractivity contribution >= 4 is 17.1 Å². The van der Waals surface area contributed by atoms with Crippen molar-refractivity contribution in [3.8, 4) is 5.75 Å². The second-order valence-electron chi connectivity index (χ2n) is 3.73. The molecule has 4 heteroatoms. The van der Waals surface area contributed by atoms with Crippen LogP contribution in [0.15, 0.2) is 24.4 Å². The number of hydrogen-bond donors (Lipinski definition) is 0. The fourth-order valence-corrected chi connectivity index (χ4v) is 2.50. The van der Waals surface area contributed by atoms with E-state index in [-0.39, 0.29) is 5.78 Å². The number of hydrogen-bond acceptors (Lipinski definition) is 4. The van der Waals surface area contributed by atoms with Gasteiger partial charge in [0.15, 0.2) is 5.69 Å². The number of pyridine rings is 1. The van der Waals surface area contributed by atoms with Crippen molar-refractivity contribution in [3.63, 3.8) is 0 Å². The summed E-state index contributed by atoms with van der Waals surface area (Å²) in [6.07, 6.45) is 1.60. The average molecular weight is 247 g/mol. The van der Waals surface area contributed by atoms with Gasteiger partial charge in [-0.15, -0.1) is 11.3 Å². The Bertz CT molecular complexity index is 541. The molecule has 2 aromatic rings. The van der Waals surface area contributed by atoms with Crippen LogP contribution in [0.5, 0.6) is 5.75 Å². The van der Waals surface area contributed by atoms with Crippen LogP contribution in [-0.4, -0.2) is 17.9 Å². The summed E-state index contributed by atoms with van der Waals surface area (Å²) < 4.78 is 5.15. The molecule has 0 fully saturated rings. The highest BCUT2D eigenvalue weighted by atomic mass is 32.1. The zero-order chi connectivity index (χ0) is 12.4. The van der Waals surface area contributed by atoms with Gasteiger partial charge >= 0.3 is 0 Å². The zero-order valence-electron chi connectivity index (χ0n) is 9.98. The number of aromatic nitrogens is 1. The molecule has 0 saturated carbocycles. The van der Waals surface area contributed by atoms with Crippen molar-refractivity contribution in [2.45, 2.75) is 13.8 Å². The molecule has 0 spiro atoms. The number of rotatable bonds is 3. The minimum atomic E-state index is -0.0800. The largest absolute Gasteiger partial charge is 0.494 e. The van der Waals surface area contributed by atoms with Crippen LogP contribution < -0.4 is 4.74 Å². The molecule has 0 aliphatic rings. The number of nitrogens with zero attached hydrogens (tertiary/aromatic N) is 1. The number of methoxy groups -OCH3 is 1. The lowest BCUT2D eigenvalue weighted by molar-refractivity contribution is 0.103. The molecule has 0 saturated heterocycles. The fourth-order valence-electron chi connectivity index (χ4n) is 1.53. The van der Waals surface area contributed by atoms with Crippen LogP contribution in [0.25, 0.3) is 0 Å². The maximum atomic E-state index is 12.3. The zero-order valence-corrected chi connectivity index (χ0v) is 10.8. The van der Waals surface area contributed by atoms with Gasteiger partial charge < -0.3 is 4.74 Å². The van der Waals surface area contributed by atoms with Gasteiger partial charge in [-0.3, -0.25) is 4.79 Å². The summed E-state index contributed by atoms with van der Waals surface area (Å²) in [5, 5.41) is 0. The van der Waals surface area contributed by atoms with Gasteiger partial charge in [0, 0.05) is 11.1 Å². The number of carbonyl (C=O) groups is 1. The fraction of sp³-hybridized carbons (Fsp3) is 0.231. The highest BCUT2D eigenvalue weighted by Crippen LogP contribution is 2.25. The molecule has 0 aliphatic carbocycles. The molecule has 2 aromatic heterocycles. The Morgan fingerprint density at radius 3 is 2.76 bits per heavy atom. The van der Waals surface area contributed by atoms with E-state index < -0.39 is 0 Å². The first kappa shape index (κ1) is 11.8. The van der Waals surface area contributed by atoms with E-state index >= 15 is 0 Å². The summed E-state index contributed by atoms with van der Waals surface area (Å²) in [6, 6.07) is 5.39. The monoisotopic (exact) mass is 247 g/mol. The van der Waals surface area contributed by atoms with Crippen LogP contribution in [0.3, 0.4) is 0 Å². The Kier molecular flexibility index (Phi) is 3.24. The summed E-state index contributed by atoms with van der Waals surface area (Å²) in [6.45, 7) is 4.00. The van der Waals surface area contributed by atoms with Gasteiger partial charge in [-0.25, -0.2) is 4.98 Å². The van der Waals surface area contributed by atoms with Crippen molar-refractivity contribution in [2.75, 3.05) is 7.11 Å². The van der Waals surface area contributed by atoms with Crippen molar-refractivity contribution in [1.82, 2.24) is 4.98 Å². The SMILES string of the molecule is COc1cccnc1C(=O)c1cc(C)c(C)s1. The van der Waals surface area contributed by atoms with Crippen LogP contribution in [0.1, 0.15) is 25.8 Å². The number of thiophene rings is 1. The number of ether oxygens (including phenoxy) is 1. The van der Waals surface area contributed by atoms with Crippen molar-refractivity contribution in [3.05, 3.63) is 45.4 Å². The maximum Gasteiger partial charge on any atom is 0.225 e. The van der Waals surface area contributed by atoms with Gasteiger partial charge in [-0.1, -0.05) is 0 Å². The van der Waals surface area contributed by atoms with Crippen LogP contribution >= 0.6 is 11.3 Å². The topological polar surface area (TPSA) is 39.2 Å². The van der Waals surface area contributed by atoms with Crippen LogP contribution in [0, 0.1) is 13.8 Å². The Morgan fingerprint density at radius 1 is 1.41 bits per heavy atom. The number of ketones is 1. The summed E-state index contributed by atoms with van der Waals surface area (Å²) in [5.41, 5.74) is 1.50. The standard InChI is InChI=1S/C13H13NO2S/c1-8-7-11(17-9(8)2)13(15)12-10(16-3)5-4-6-14-12/h4-7H,1-3H3. The number of aryl methyl sites for hydroxylation is 2. The van der Waals surface area contributed by atoms with Gasteiger partial charge in [0.2, 0.25) is 5.78 Å². The predicted molar refractivity (Wildman–Crippen MR) is 68.0 cm³/mol. The Labute approximate surface area is 104 Å². The van der Waals surface area contributed by atoms with E-state index in [2.05, 4.69) is 4.98 Å². The molecule has 17 heavy (non-hydrogen) atoms. The highest BCUT2D eigenvalue weighted by Gasteiger charge is 2.18. The third-order valence-electron chi connectivity index (χ3n) is 2.60. The van der Waals surface area contributed by atoms with Gasteiger partial charge in [0.05, 0.1) is 12.0 Å². The van der Waals surface area contributed by atoms with Crippen molar-refractivity contribution in [1.29, 1.82) is 0 Å². The molecule has 0 radical (unpaired) electrons. The third kappa shape index (κ3) is 2.22. The summed E-state index contributed by atoms with van der Waals surface area (Å²) >= 11 is 1.49. The van der Waals surface area contributed by atoms with Crippen molar-refractivity contribution < 1.29 is 9.53 Å². The Balaban J connectivity index is 2.43. The van der Waals surface area contributed by atoms with Gasteiger partial charge in [0.1, 0.15) is 5.75 Å². The van der Waals surface area contributed by atoms with E-state index in [1.54, 1.807) is 25.4 Å². The average Bonchev–Trinajstić information content (AvgIpc) is 2.68. The molecule has 0 aromatic carbocycles. The molecule has 88 valence electrons. The van der Waals surface area contributed by atoms with Crippen LogP contribution in [0.2, 0.25) is 0 Å². The lowest BCUT2D eigenvalue weighted by Crippen LogP contribution is -2.04. The minimum absolute atomic E-state index is 0.0800. The molecule has 0 atom stereocenters. The summed E-state index contributed by atoms with van der Waals surface area (Å²) in [7, 11) is 1.54. The van der Waals surface area contributed by atoms with E-state index in [0.717, 1.165) is 10.4 Å². The molecule has 2 rings (SSSR count). The second kappa shape index (κ2) is 4.67. The molecule has 0 amide bonds. The van der Waals surface area contributed by atoms with Crippen LogP contribution in [-0.2, 0) is 0 Å². The molecule has 3 nitrogen and oxygen atoms in total. The lowest BCUT2D eigenvalue weighted by atomic mass is 10.2. The quantitative estimate of drug-likeness (QED) is 0.783. The van der Waals surface area contributed by atoms with Gasteiger partial charge in [-0.2, -0.15) is 0 Å². The number of carbonyl (C=O) groups excluding carboxylic acids is 1. The lowest BCUT2D eigenvalue weighted by Gasteiger charge is -2.04. The maximum absolute atomic E-state index is 12.3. The molecule has 0 bridgehead atoms. The molecular weight excluding hydrogens is 234 g/mol. The minimum Gasteiger partial charge on any atom is -0.494 e. The van der Waals surface area contributed by atoms with E-state index in [9.17, 15) is 4.79 Å². The first-order valence-corrected chi connectivity index (χ1v) is 6.06. The Hall–Kier alpha value is -1.68. The van der Waals surface area contributed by atoms with Crippen LogP contribution in [0.4, 0.5) is 0 Å². The first-order chi connectivity index (χ1) is 8.13. The predicted octanol–water partition coefficient (Wildman–Crippen LogP) is 3.00.